The van der Waals surface area contributed by atoms with Crippen LogP contribution in [0.15, 0.2) is 0 Å². The van der Waals surface area contributed by atoms with Gasteiger partial charge in [-0.05, 0) is 39.7 Å². The highest BCUT2D eigenvalue weighted by Crippen LogP contribution is 2.44. The number of fused-ring (bicyclic) bond motifs is 1. The molecule has 0 amide bonds. The van der Waals surface area contributed by atoms with E-state index in [-0.39, 0.29) is 5.60 Å². The predicted molar refractivity (Wildman–Crippen MR) is 62.8 cm³/mol. The van der Waals surface area contributed by atoms with E-state index in [2.05, 4.69) is 25.8 Å². The summed E-state index contributed by atoms with van der Waals surface area (Å²) in [5.74, 6) is 0.525. The average molecular weight is 211 g/mol. The zero-order valence-corrected chi connectivity index (χ0v) is 10.4. The molecule has 1 aliphatic carbocycles. The summed E-state index contributed by atoms with van der Waals surface area (Å²) in [6.45, 7) is 4.40. The molecule has 2 fully saturated rings. The van der Waals surface area contributed by atoms with Crippen molar-refractivity contribution in [2.75, 3.05) is 7.05 Å². The van der Waals surface area contributed by atoms with Crippen LogP contribution in [0.25, 0.3) is 0 Å². The lowest BCUT2D eigenvalue weighted by Crippen LogP contribution is -2.60. The standard InChI is InChI=1S/C13H25NO/c1-4-13(15)9-10(2)14(3)12-8-6-5-7-11(12)13/h10-12,15H,4-9H2,1-3H3. The Hall–Kier alpha value is -0.0800. The molecule has 1 saturated carbocycles. The molecule has 4 unspecified atom stereocenters. The summed E-state index contributed by atoms with van der Waals surface area (Å²) in [7, 11) is 2.24. The highest BCUT2D eigenvalue weighted by atomic mass is 16.3. The lowest BCUT2D eigenvalue weighted by molar-refractivity contribution is -0.128. The van der Waals surface area contributed by atoms with Gasteiger partial charge in [0.2, 0.25) is 0 Å². The molecule has 0 radical (unpaired) electrons. The van der Waals surface area contributed by atoms with Crippen molar-refractivity contribution in [2.24, 2.45) is 5.92 Å². The zero-order valence-electron chi connectivity index (χ0n) is 10.4. The van der Waals surface area contributed by atoms with Gasteiger partial charge < -0.3 is 10.0 Å². The van der Waals surface area contributed by atoms with E-state index in [1.807, 2.05) is 0 Å². The highest BCUT2D eigenvalue weighted by Gasteiger charge is 2.48. The lowest BCUT2D eigenvalue weighted by atomic mass is 9.66. The molecular weight excluding hydrogens is 186 g/mol. The van der Waals surface area contributed by atoms with Crippen LogP contribution in [0.1, 0.15) is 52.4 Å². The van der Waals surface area contributed by atoms with Gasteiger partial charge in [0, 0.05) is 18.0 Å². The van der Waals surface area contributed by atoms with Crippen LogP contribution < -0.4 is 0 Å². The molecule has 0 bridgehead atoms. The molecule has 1 saturated heterocycles. The van der Waals surface area contributed by atoms with Gasteiger partial charge in [-0.1, -0.05) is 19.8 Å². The zero-order chi connectivity index (χ0) is 11.1. The number of nitrogens with zero attached hydrogens (tertiary/aromatic N) is 1. The molecule has 4 atom stereocenters. The molecule has 0 aromatic carbocycles. The molecule has 0 aromatic rings. The Balaban J connectivity index is 2.22. The maximum Gasteiger partial charge on any atom is 0.0702 e. The molecule has 15 heavy (non-hydrogen) atoms. The van der Waals surface area contributed by atoms with Crippen LogP contribution in [0.3, 0.4) is 0 Å². The number of aliphatic hydroxyl groups is 1. The number of hydrogen-bond acceptors (Lipinski definition) is 2. The number of hydrogen-bond donors (Lipinski definition) is 1. The van der Waals surface area contributed by atoms with Gasteiger partial charge in [0.1, 0.15) is 0 Å². The lowest BCUT2D eigenvalue weighted by Gasteiger charge is -2.54. The van der Waals surface area contributed by atoms with Crippen LogP contribution in [-0.2, 0) is 0 Å². The fourth-order valence-corrected chi connectivity index (χ4v) is 3.77. The molecule has 0 aromatic heterocycles. The summed E-state index contributed by atoms with van der Waals surface area (Å²) < 4.78 is 0. The molecule has 2 rings (SSSR count). The second-order valence-corrected chi connectivity index (χ2v) is 5.63. The third kappa shape index (κ3) is 1.83. The van der Waals surface area contributed by atoms with Crippen molar-refractivity contribution >= 4 is 0 Å². The van der Waals surface area contributed by atoms with Crippen LogP contribution in [0.2, 0.25) is 0 Å². The first-order valence-corrected chi connectivity index (χ1v) is 6.53. The van der Waals surface area contributed by atoms with Gasteiger partial charge >= 0.3 is 0 Å². The van der Waals surface area contributed by atoms with Gasteiger partial charge in [-0.25, -0.2) is 0 Å². The van der Waals surface area contributed by atoms with Crippen molar-refractivity contribution in [3.63, 3.8) is 0 Å². The number of piperidine rings is 1. The van der Waals surface area contributed by atoms with E-state index in [0.717, 1.165) is 12.8 Å². The Bertz CT molecular complexity index is 231. The van der Waals surface area contributed by atoms with Crippen molar-refractivity contribution < 1.29 is 5.11 Å². The van der Waals surface area contributed by atoms with E-state index in [4.69, 9.17) is 0 Å². The van der Waals surface area contributed by atoms with Gasteiger partial charge in [-0.15, -0.1) is 0 Å². The fraction of sp³-hybridized carbons (Fsp3) is 1.00. The minimum absolute atomic E-state index is 0.378. The van der Waals surface area contributed by atoms with E-state index in [1.165, 1.54) is 25.7 Å². The highest BCUT2D eigenvalue weighted by molar-refractivity contribution is 5.01. The van der Waals surface area contributed by atoms with E-state index in [9.17, 15) is 5.11 Å². The molecule has 1 N–H and O–H groups in total. The summed E-state index contributed by atoms with van der Waals surface area (Å²) in [4.78, 5) is 2.51. The Morgan fingerprint density at radius 3 is 2.67 bits per heavy atom. The molecule has 2 nitrogen and oxygen atoms in total. The summed E-state index contributed by atoms with van der Waals surface area (Å²) in [6.07, 6.45) is 7.05. The predicted octanol–water partition coefficient (Wildman–Crippen LogP) is 2.41. The first-order valence-electron chi connectivity index (χ1n) is 6.53. The summed E-state index contributed by atoms with van der Waals surface area (Å²) >= 11 is 0. The quantitative estimate of drug-likeness (QED) is 0.720. The first kappa shape index (κ1) is 11.4. The topological polar surface area (TPSA) is 23.5 Å². The van der Waals surface area contributed by atoms with E-state index < -0.39 is 0 Å². The molecule has 88 valence electrons. The fourth-order valence-electron chi connectivity index (χ4n) is 3.77. The molecule has 1 heterocycles. The minimum atomic E-state index is -0.378. The monoisotopic (exact) mass is 211 g/mol. The Morgan fingerprint density at radius 2 is 2.00 bits per heavy atom. The molecule has 2 aliphatic rings. The van der Waals surface area contributed by atoms with Gasteiger partial charge in [0.05, 0.1) is 5.60 Å². The van der Waals surface area contributed by atoms with Crippen molar-refractivity contribution in [1.29, 1.82) is 0 Å². The summed E-state index contributed by atoms with van der Waals surface area (Å²) in [5, 5.41) is 10.7. The van der Waals surface area contributed by atoms with E-state index >= 15 is 0 Å². The van der Waals surface area contributed by atoms with Gasteiger partial charge in [-0.3, -0.25) is 0 Å². The average Bonchev–Trinajstić information content (AvgIpc) is 2.26. The summed E-state index contributed by atoms with van der Waals surface area (Å²) in [5.41, 5.74) is -0.378. The molecular formula is C13H25NO. The molecule has 2 heteroatoms. The first-order chi connectivity index (χ1) is 7.08. The van der Waals surface area contributed by atoms with Crippen LogP contribution in [-0.4, -0.2) is 34.7 Å². The van der Waals surface area contributed by atoms with Crippen LogP contribution >= 0.6 is 0 Å². The van der Waals surface area contributed by atoms with Crippen molar-refractivity contribution in [1.82, 2.24) is 4.90 Å². The Kier molecular flexibility index (Phi) is 3.09. The minimum Gasteiger partial charge on any atom is -0.389 e. The molecule has 0 spiro atoms. The third-order valence-corrected chi connectivity index (χ3v) is 4.90. The summed E-state index contributed by atoms with van der Waals surface area (Å²) in [6, 6.07) is 1.17. The SMILES string of the molecule is CCC1(O)CC(C)N(C)C2CCCCC21. The van der Waals surface area contributed by atoms with Crippen LogP contribution in [0, 0.1) is 5.92 Å². The van der Waals surface area contributed by atoms with Gasteiger partial charge in [0.15, 0.2) is 0 Å². The van der Waals surface area contributed by atoms with Crippen molar-refractivity contribution in [3.8, 4) is 0 Å². The molecule has 1 aliphatic heterocycles. The van der Waals surface area contributed by atoms with E-state index in [0.29, 0.717) is 18.0 Å². The maximum atomic E-state index is 10.7. The Labute approximate surface area is 93.7 Å². The van der Waals surface area contributed by atoms with E-state index in [1.54, 1.807) is 0 Å². The number of likely N-dealkylation sites (tertiary alicyclic amines) is 1. The third-order valence-electron chi connectivity index (χ3n) is 4.90. The second-order valence-electron chi connectivity index (χ2n) is 5.63. The van der Waals surface area contributed by atoms with Gasteiger partial charge in [-0.2, -0.15) is 0 Å². The Morgan fingerprint density at radius 1 is 1.33 bits per heavy atom. The van der Waals surface area contributed by atoms with Crippen LogP contribution in [0.4, 0.5) is 0 Å². The number of rotatable bonds is 1. The maximum absolute atomic E-state index is 10.7. The van der Waals surface area contributed by atoms with Gasteiger partial charge in [0.25, 0.3) is 0 Å². The van der Waals surface area contributed by atoms with Crippen LogP contribution in [0.5, 0.6) is 0 Å². The second kappa shape index (κ2) is 4.06. The van der Waals surface area contributed by atoms with Crippen molar-refractivity contribution in [2.45, 2.75) is 70.1 Å². The smallest absolute Gasteiger partial charge is 0.0702 e. The normalized spacial score (nSPS) is 47.6. The largest absolute Gasteiger partial charge is 0.389 e. The van der Waals surface area contributed by atoms with Crippen molar-refractivity contribution in [3.05, 3.63) is 0 Å².